The summed E-state index contributed by atoms with van der Waals surface area (Å²) in [7, 11) is 2.54. The molecule has 168 valence electrons. The van der Waals surface area contributed by atoms with Crippen molar-refractivity contribution in [1.29, 1.82) is 0 Å². The van der Waals surface area contributed by atoms with Crippen LogP contribution >= 0.6 is 0 Å². The quantitative estimate of drug-likeness (QED) is 0.369. The van der Waals surface area contributed by atoms with Gasteiger partial charge in [-0.2, -0.15) is 0 Å². The van der Waals surface area contributed by atoms with Crippen molar-refractivity contribution >= 4 is 17.8 Å². The van der Waals surface area contributed by atoms with Gasteiger partial charge in [0.1, 0.15) is 18.7 Å². The van der Waals surface area contributed by atoms with Crippen LogP contribution in [0.3, 0.4) is 0 Å². The van der Waals surface area contributed by atoms with Crippen LogP contribution in [0.4, 0.5) is 5.82 Å². The Balaban J connectivity index is 2.14. The molecule has 0 amide bonds. The van der Waals surface area contributed by atoms with Crippen molar-refractivity contribution in [1.82, 2.24) is 14.5 Å². The Hall–Kier alpha value is -3.21. The van der Waals surface area contributed by atoms with E-state index in [1.807, 2.05) is 4.90 Å². The van der Waals surface area contributed by atoms with Crippen LogP contribution in [0.1, 0.15) is 12.7 Å². The molecule has 11 heteroatoms. The van der Waals surface area contributed by atoms with E-state index in [-0.39, 0.29) is 17.9 Å². The fourth-order valence-electron chi connectivity index (χ4n) is 4.22. The van der Waals surface area contributed by atoms with E-state index in [1.54, 1.807) is 19.9 Å². The summed E-state index contributed by atoms with van der Waals surface area (Å²) < 4.78 is 16.9. The van der Waals surface area contributed by atoms with Crippen molar-refractivity contribution in [2.75, 3.05) is 40.5 Å². The lowest BCUT2D eigenvalue weighted by Crippen LogP contribution is -2.45. The van der Waals surface area contributed by atoms with Gasteiger partial charge in [0, 0.05) is 37.2 Å². The lowest BCUT2D eigenvalue weighted by atomic mass is 9.76. The third-order valence-corrected chi connectivity index (χ3v) is 5.72. The first kappa shape index (κ1) is 22.5. The Morgan fingerprint density at radius 3 is 2.52 bits per heavy atom. The molecule has 2 atom stereocenters. The van der Waals surface area contributed by atoms with E-state index in [9.17, 15) is 19.7 Å². The summed E-state index contributed by atoms with van der Waals surface area (Å²) in [6, 6.07) is 0. The van der Waals surface area contributed by atoms with Gasteiger partial charge in [-0.1, -0.05) is 0 Å². The molecule has 0 bridgehead atoms. The molecule has 1 aliphatic carbocycles. The van der Waals surface area contributed by atoms with E-state index in [2.05, 4.69) is 4.98 Å². The van der Waals surface area contributed by atoms with Crippen LogP contribution in [0, 0.1) is 28.9 Å². The zero-order chi connectivity index (χ0) is 22.7. The number of allylic oxidation sites excluding steroid dienone is 2. The van der Waals surface area contributed by atoms with Crippen molar-refractivity contribution in [3.8, 4) is 0 Å². The first-order valence-electron chi connectivity index (χ1n) is 9.87. The molecular weight excluding hydrogens is 408 g/mol. The second kappa shape index (κ2) is 9.29. The Labute approximate surface area is 179 Å². The van der Waals surface area contributed by atoms with E-state index in [0.29, 0.717) is 43.4 Å². The van der Waals surface area contributed by atoms with Crippen molar-refractivity contribution < 1.29 is 28.7 Å². The summed E-state index contributed by atoms with van der Waals surface area (Å²) in [5, 5.41) is 11.5. The lowest BCUT2D eigenvalue weighted by molar-refractivity contribution is -0.392. The Morgan fingerprint density at radius 2 is 1.94 bits per heavy atom. The third kappa shape index (κ3) is 4.31. The molecule has 11 nitrogen and oxygen atoms in total. The first-order valence-corrected chi connectivity index (χ1v) is 9.87. The molecule has 0 aromatic carbocycles. The van der Waals surface area contributed by atoms with Crippen LogP contribution in [-0.2, 0) is 30.3 Å². The highest BCUT2D eigenvalue weighted by Crippen LogP contribution is 2.40. The molecule has 2 aliphatic rings. The number of carbonyl (C=O) groups is 2. The van der Waals surface area contributed by atoms with E-state index in [0.717, 1.165) is 0 Å². The summed E-state index contributed by atoms with van der Waals surface area (Å²) in [5.41, 5.74) is 1.63. The van der Waals surface area contributed by atoms with Crippen LogP contribution in [0.15, 0.2) is 29.1 Å². The molecule has 1 aromatic rings. The minimum atomic E-state index is -0.845. The highest BCUT2D eigenvalue weighted by molar-refractivity contribution is 5.93. The number of carbonyl (C=O) groups excluding carboxylic acids is 2. The molecule has 0 unspecified atom stereocenters. The first-order chi connectivity index (χ1) is 14.8. The molecule has 0 N–H and O–H groups in total. The van der Waals surface area contributed by atoms with E-state index >= 15 is 0 Å². The summed E-state index contributed by atoms with van der Waals surface area (Å²) >= 11 is 0. The van der Waals surface area contributed by atoms with Gasteiger partial charge in [0.15, 0.2) is 5.82 Å². The van der Waals surface area contributed by atoms with Gasteiger partial charge in [-0.25, -0.2) is 14.3 Å². The molecule has 0 spiro atoms. The molecular formula is C20H26N4O7. The number of esters is 2. The predicted octanol–water partition coefficient (Wildman–Crippen LogP) is 1.22. The van der Waals surface area contributed by atoms with Crippen molar-refractivity contribution in [3.63, 3.8) is 0 Å². The molecule has 31 heavy (non-hydrogen) atoms. The van der Waals surface area contributed by atoms with Crippen molar-refractivity contribution in [3.05, 3.63) is 45.1 Å². The maximum absolute atomic E-state index is 13.0. The number of rotatable bonds is 6. The van der Waals surface area contributed by atoms with Crippen LogP contribution in [0.5, 0.6) is 0 Å². The minimum Gasteiger partial charge on any atom is -0.468 e. The number of hydrogen-bond acceptors (Lipinski definition) is 9. The summed E-state index contributed by atoms with van der Waals surface area (Å²) in [6.07, 6.45) is 2.96. The molecule has 1 aromatic heterocycles. The topological polar surface area (TPSA) is 126 Å². The maximum atomic E-state index is 13.0. The van der Waals surface area contributed by atoms with Gasteiger partial charge in [0.25, 0.3) is 0 Å². The highest BCUT2D eigenvalue weighted by Gasteiger charge is 2.45. The normalized spacial score (nSPS) is 21.5. The molecule has 0 radical (unpaired) electrons. The molecule has 0 saturated carbocycles. The monoisotopic (exact) mass is 434 g/mol. The van der Waals surface area contributed by atoms with Crippen LogP contribution in [-0.4, -0.2) is 71.8 Å². The van der Waals surface area contributed by atoms with Crippen molar-refractivity contribution in [2.24, 2.45) is 11.8 Å². The number of nitro groups is 1. The van der Waals surface area contributed by atoms with E-state index in [4.69, 9.17) is 14.2 Å². The zero-order valence-corrected chi connectivity index (χ0v) is 18.0. The number of hydrogen-bond donors (Lipinski definition) is 0. The summed E-state index contributed by atoms with van der Waals surface area (Å²) in [6.45, 7) is 5.57. The van der Waals surface area contributed by atoms with Crippen LogP contribution < -0.4 is 0 Å². The SMILES string of the molecule is COC(=O)C1=C(C)C=C(N2CCOCC2)[C@@H](C(=O)OC)[C@@H]1Cn1c([N+](=O)[O-])cnc1C. The number of nitrogens with zero attached hydrogens (tertiary/aromatic N) is 4. The zero-order valence-electron chi connectivity index (χ0n) is 18.0. The van der Waals surface area contributed by atoms with E-state index in [1.165, 1.54) is 25.0 Å². The van der Waals surface area contributed by atoms with Gasteiger partial charge in [0.05, 0.1) is 27.4 Å². The maximum Gasteiger partial charge on any atom is 0.342 e. The number of aromatic nitrogens is 2. The largest absolute Gasteiger partial charge is 0.468 e. The molecule has 3 rings (SSSR count). The highest BCUT2D eigenvalue weighted by atomic mass is 16.6. The summed E-state index contributed by atoms with van der Waals surface area (Å²) in [4.78, 5) is 42.7. The smallest absolute Gasteiger partial charge is 0.342 e. The van der Waals surface area contributed by atoms with Gasteiger partial charge in [-0.15, -0.1) is 0 Å². The van der Waals surface area contributed by atoms with Gasteiger partial charge < -0.3 is 29.2 Å². The molecule has 1 aliphatic heterocycles. The van der Waals surface area contributed by atoms with Crippen LogP contribution in [0.2, 0.25) is 0 Å². The second-order valence-corrected chi connectivity index (χ2v) is 7.40. The Morgan fingerprint density at radius 1 is 1.26 bits per heavy atom. The average molecular weight is 434 g/mol. The second-order valence-electron chi connectivity index (χ2n) is 7.40. The van der Waals surface area contributed by atoms with Gasteiger partial charge in [0.2, 0.25) is 0 Å². The van der Waals surface area contributed by atoms with Crippen LogP contribution in [0.25, 0.3) is 0 Å². The minimum absolute atomic E-state index is 0.00856. The molecule has 1 fully saturated rings. The Bertz CT molecular complexity index is 943. The van der Waals surface area contributed by atoms with Crippen molar-refractivity contribution in [2.45, 2.75) is 20.4 Å². The lowest BCUT2D eigenvalue weighted by Gasteiger charge is -2.39. The van der Waals surface area contributed by atoms with Gasteiger partial charge in [-0.3, -0.25) is 4.79 Å². The number of morpholine rings is 1. The third-order valence-electron chi connectivity index (χ3n) is 5.72. The number of imidazole rings is 1. The predicted molar refractivity (Wildman–Crippen MR) is 108 cm³/mol. The van der Waals surface area contributed by atoms with Gasteiger partial charge in [-0.05, 0) is 23.5 Å². The standard InChI is InChI=1S/C20H26N4O7/c1-12-9-15(22-5-7-31-8-6-22)18(20(26)30-4)14(17(12)19(25)29-3)11-23-13(2)21-10-16(23)24(27)28/h9-10,14,18H,5-8,11H2,1-4H3/t14-,18+/m1/s1. The van der Waals surface area contributed by atoms with E-state index < -0.39 is 28.7 Å². The number of aryl methyl sites for hydroxylation is 1. The Kier molecular flexibility index (Phi) is 6.74. The summed E-state index contributed by atoms with van der Waals surface area (Å²) in [5.74, 6) is -2.52. The fourth-order valence-corrected chi connectivity index (χ4v) is 4.22. The molecule has 2 heterocycles. The van der Waals surface area contributed by atoms with Gasteiger partial charge >= 0.3 is 17.8 Å². The number of ether oxygens (including phenoxy) is 3. The average Bonchev–Trinajstić information content (AvgIpc) is 3.13. The molecule has 1 saturated heterocycles. The fraction of sp³-hybridized carbons (Fsp3) is 0.550. The number of methoxy groups -OCH3 is 2.